The number of nitrogens with zero attached hydrogens (tertiary/aromatic N) is 1. The average molecular weight is 249 g/mol. The first-order chi connectivity index (χ1) is 8.48. The minimum absolute atomic E-state index is 0.00882. The normalized spacial score (nSPS) is 24.3. The van der Waals surface area contributed by atoms with Crippen LogP contribution in [0.15, 0.2) is 30.3 Å². The molecule has 18 heavy (non-hydrogen) atoms. The van der Waals surface area contributed by atoms with Crippen LogP contribution in [0.5, 0.6) is 0 Å². The third kappa shape index (κ3) is 2.02. The Kier molecular flexibility index (Phi) is 3.42. The number of halogens is 1. The van der Waals surface area contributed by atoms with Crippen LogP contribution >= 0.6 is 0 Å². The highest BCUT2D eigenvalue weighted by atomic mass is 19.1. The molecule has 0 unspecified atom stereocenters. The average Bonchev–Trinajstić information content (AvgIpc) is 2.61. The van der Waals surface area contributed by atoms with Crippen LogP contribution in [0.1, 0.15) is 32.4 Å². The van der Waals surface area contributed by atoms with Gasteiger partial charge in [-0.3, -0.25) is 9.18 Å². The fourth-order valence-electron chi connectivity index (χ4n) is 2.58. The number of rotatable bonds is 3. The van der Waals surface area contributed by atoms with Crippen molar-refractivity contribution in [1.82, 2.24) is 4.90 Å². The van der Waals surface area contributed by atoms with Gasteiger partial charge >= 0.3 is 0 Å². The summed E-state index contributed by atoms with van der Waals surface area (Å²) >= 11 is 0. The number of hydrogen-bond acceptors (Lipinski definition) is 1. The molecular weight excluding hydrogens is 229 g/mol. The van der Waals surface area contributed by atoms with E-state index in [0.29, 0.717) is 6.54 Å². The Morgan fingerprint density at radius 2 is 2.00 bits per heavy atom. The van der Waals surface area contributed by atoms with Gasteiger partial charge in [-0.25, -0.2) is 0 Å². The van der Waals surface area contributed by atoms with Gasteiger partial charge in [0.1, 0.15) is 0 Å². The highest BCUT2D eigenvalue weighted by molar-refractivity contribution is 5.85. The van der Waals surface area contributed by atoms with E-state index in [9.17, 15) is 9.18 Å². The summed E-state index contributed by atoms with van der Waals surface area (Å²) in [4.78, 5) is 14.2. The van der Waals surface area contributed by atoms with E-state index in [-0.39, 0.29) is 17.9 Å². The Bertz CT molecular complexity index is 429. The van der Waals surface area contributed by atoms with Crippen LogP contribution in [0.4, 0.5) is 4.39 Å². The second-order valence-corrected chi connectivity index (χ2v) is 5.62. The number of likely N-dealkylation sites (tertiary alicyclic amines) is 1. The molecule has 0 bridgehead atoms. The van der Waals surface area contributed by atoms with Gasteiger partial charge in [0.25, 0.3) is 0 Å². The van der Waals surface area contributed by atoms with Crippen molar-refractivity contribution in [2.45, 2.75) is 26.8 Å². The van der Waals surface area contributed by atoms with E-state index in [0.717, 1.165) is 5.56 Å². The maximum absolute atomic E-state index is 13.0. The first-order valence-electron chi connectivity index (χ1n) is 6.40. The van der Waals surface area contributed by atoms with Crippen LogP contribution in [0, 0.1) is 11.3 Å². The summed E-state index contributed by atoms with van der Waals surface area (Å²) in [5.41, 5.74) is 0.513. The Balaban J connectivity index is 2.23. The van der Waals surface area contributed by atoms with Gasteiger partial charge in [-0.1, -0.05) is 44.2 Å². The summed E-state index contributed by atoms with van der Waals surface area (Å²) in [6, 6.07) is 9.90. The van der Waals surface area contributed by atoms with Crippen LogP contribution in [-0.4, -0.2) is 24.0 Å². The molecule has 1 heterocycles. The molecule has 1 aromatic carbocycles. The van der Waals surface area contributed by atoms with Crippen molar-refractivity contribution < 1.29 is 9.18 Å². The van der Waals surface area contributed by atoms with Gasteiger partial charge in [-0.05, 0) is 12.5 Å². The quantitative estimate of drug-likeness (QED) is 0.805. The predicted molar refractivity (Wildman–Crippen MR) is 69.8 cm³/mol. The summed E-state index contributed by atoms with van der Waals surface area (Å²) in [6.07, 6.45) is 0. The summed E-state index contributed by atoms with van der Waals surface area (Å²) in [5.74, 6) is -0.141. The van der Waals surface area contributed by atoms with Crippen molar-refractivity contribution in [2.24, 2.45) is 11.3 Å². The highest BCUT2D eigenvalue weighted by Crippen LogP contribution is 2.40. The third-order valence-electron chi connectivity index (χ3n) is 4.19. The van der Waals surface area contributed by atoms with Crippen LogP contribution in [0.25, 0.3) is 0 Å². The van der Waals surface area contributed by atoms with Gasteiger partial charge in [-0.15, -0.1) is 0 Å². The Hall–Kier alpha value is -1.38. The summed E-state index contributed by atoms with van der Waals surface area (Å²) in [5, 5.41) is 0. The molecule has 98 valence electrons. The van der Waals surface area contributed by atoms with Gasteiger partial charge in [0.2, 0.25) is 5.91 Å². The number of hydrogen-bond donors (Lipinski definition) is 0. The first kappa shape index (κ1) is 13.1. The van der Waals surface area contributed by atoms with Crippen LogP contribution in [-0.2, 0) is 4.79 Å². The summed E-state index contributed by atoms with van der Waals surface area (Å²) in [6.45, 7) is 5.77. The van der Waals surface area contributed by atoms with E-state index >= 15 is 0 Å². The zero-order valence-corrected chi connectivity index (χ0v) is 11.2. The van der Waals surface area contributed by atoms with Crippen molar-refractivity contribution in [2.75, 3.05) is 13.2 Å². The molecule has 1 aliphatic rings. The topological polar surface area (TPSA) is 20.3 Å². The fraction of sp³-hybridized carbons (Fsp3) is 0.533. The Morgan fingerprint density at radius 1 is 1.39 bits per heavy atom. The van der Waals surface area contributed by atoms with Gasteiger partial charge < -0.3 is 4.90 Å². The number of carbonyl (C=O) groups is 1. The lowest BCUT2D eigenvalue weighted by Crippen LogP contribution is -2.33. The smallest absolute Gasteiger partial charge is 0.229 e. The Morgan fingerprint density at radius 3 is 2.50 bits per heavy atom. The monoisotopic (exact) mass is 249 g/mol. The number of carbonyl (C=O) groups excluding carboxylic acids is 1. The van der Waals surface area contributed by atoms with Crippen molar-refractivity contribution in [3.8, 4) is 0 Å². The molecule has 1 amide bonds. The summed E-state index contributed by atoms with van der Waals surface area (Å²) in [7, 11) is 0. The Labute approximate surface area is 108 Å². The van der Waals surface area contributed by atoms with E-state index in [1.54, 1.807) is 4.90 Å². The van der Waals surface area contributed by atoms with Crippen LogP contribution < -0.4 is 0 Å². The molecule has 0 saturated carbocycles. The molecule has 1 aromatic rings. The van der Waals surface area contributed by atoms with Gasteiger partial charge in [0.05, 0.1) is 18.1 Å². The largest absolute Gasteiger partial charge is 0.335 e. The molecule has 2 rings (SSSR count). The maximum atomic E-state index is 13.0. The lowest BCUT2D eigenvalue weighted by Gasteiger charge is -2.26. The predicted octanol–water partition coefficient (Wildman–Crippen LogP) is 3.20. The van der Waals surface area contributed by atoms with Gasteiger partial charge in [-0.2, -0.15) is 0 Å². The minimum atomic E-state index is -0.586. The van der Waals surface area contributed by atoms with Crippen LogP contribution in [0.2, 0.25) is 0 Å². The lowest BCUT2D eigenvalue weighted by molar-refractivity contribution is -0.137. The molecule has 0 aromatic heterocycles. The second kappa shape index (κ2) is 4.71. The lowest BCUT2D eigenvalue weighted by atomic mass is 9.82. The minimum Gasteiger partial charge on any atom is -0.335 e. The van der Waals surface area contributed by atoms with Gasteiger partial charge in [0.15, 0.2) is 0 Å². The summed E-state index contributed by atoms with van der Waals surface area (Å²) < 4.78 is 13.0. The standard InChI is InChI=1S/C15H20FNO/c1-11(12-7-5-4-6-8-12)17-10-13(9-16)15(2,3)14(17)18/h4-8,11,13H,9-10H2,1-3H3/t11-,13+/m1/s1. The molecule has 1 fully saturated rings. The molecule has 0 spiro atoms. The van der Waals surface area contributed by atoms with E-state index in [2.05, 4.69) is 0 Å². The van der Waals surface area contributed by atoms with Crippen molar-refractivity contribution >= 4 is 5.91 Å². The van der Waals surface area contributed by atoms with Crippen molar-refractivity contribution in [3.63, 3.8) is 0 Å². The van der Waals surface area contributed by atoms with Gasteiger partial charge in [0, 0.05) is 12.5 Å². The molecular formula is C15H20FNO. The molecule has 3 heteroatoms. The maximum Gasteiger partial charge on any atom is 0.229 e. The SMILES string of the molecule is C[C@H](c1ccccc1)N1C[C@H](CF)C(C)(C)C1=O. The fourth-order valence-corrected chi connectivity index (χ4v) is 2.58. The van der Waals surface area contributed by atoms with E-state index in [1.165, 1.54) is 0 Å². The number of alkyl halides is 1. The molecule has 2 nitrogen and oxygen atoms in total. The van der Waals surface area contributed by atoms with Crippen LogP contribution in [0.3, 0.4) is 0 Å². The molecule has 0 N–H and O–H groups in total. The van der Waals surface area contributed by atoms with Crippen molar-refractivity contribution in [3.05, 3.63) is 35.9 Å². The highest BCUT2D eigenvalue weighted by Gasteiger charge is 2.48. The van der Waals surface area contributed by atoms with E-state index in [1.807, 2.05) is 51.1 Å². The van der Waals surface area contributed by atoms with Crippen molar-refractivity contribution in [1.29, 1.82) is 0 Å². The van der Waals surface area contributed by atoms with E-state index in [4.69, 9.17) is 0 Å². The second-order valence-electron chi connectivity index (χ2n) is 5.62. The number of amides is 1. The zero-order chi connectivity index (χ0) is 13.3. The zero-order valence-electron chi connectivity index (χ0n) is 11.2. The molecule has 2 atom stereocenters. The number of benzene rings is 1. The molecule has 1 saturated heterocycles. The molecule has 1 aliphatic heterocycles. The third-order valence-corrected chi connectivity index (χ3v) is 4.19. The first-order valence-corrected chi connectivity index (χ1v) is 6.40. The van der Waals surface area contributed by atoms with E-state index < -0.39 is 12.1 Å². The molecule has 0 radical (unpaired) electrons. The molecule has 0 aliphatic carbocycles.